The zero-order valence-corrected chi connectivity index (χ0v) is 23.4. The number of halogens is 9. The highest BCUT2D eigenvalue weighted by molar-refractivity contribution is 8.45. The maximum absolute atomic E-state index is 13.4. The van der Waals surface area contributed by atoms with Crippen LogP contribution in [0.1, 0.15) is 37.4 Å². The molecule has 0 radical (unpaired) electrons. The number of nitriles is 1. The molecular formula is C21H17Cl4F5N4O4S. The molecule has 2 aromatic rings. The van der Waals surface area contributed by atoms with Gasteiger partial charge in [-0.25, -0.2) is 9.48 Å². The van der Waals surface area contributed by atoms with Gasteiger partial charge in [0.05, 0.1) is 28.8 Å². The monoisotopic (exact) mass is 656 g/mol. The number of hydrogen-bond donors (Lipinski definition) is 1. The van der Waals surface area contributed by atoms with Crippen molar-refractivity contribution >= 4 is 74.5 Å². The number of benzene rings is 1. The minimum Gasteiger partial charge on any atom is -0.465 e. The molecule has 0 bridgehead atoms. The standard InChI is InChI=1S/C21H17Cl4F5N4O4S/c1-2-37-18(35)20(9-21(20,24)25)15-14(7-31)33-34(17(15)32-19(36)38-8-10-3-4-10)16-12(22)5-11(6-13(16)23)39(26,27,28,29)30/h5-6,10H,2-4,8-9H2,1H3,(H,32,36). The summed E-state index contributed by atoms with van der Waals surface area (Å²) in [6.45, 7) is 1.39. The van der Waals surface area contributed by atoms with E-state index in [9.17, 15) is 34.3 Å². The Hall–Kier alpha value is -2.18. The van der Waals surface area contributed by atoms with Gasteiger partial charge < -0.3 is 9.47 Å². The largest absolute Gasteiger partial charge is 0.465 e. The number of rotatable bonds is 8. The van der Waals surface area contributed by atoms with Gasteiger partial charge in [-0.3, -0.25) is 10.1 Å². The first-order valence-corrected chi connectivity index (χ1v) is 14.5. The van der Waals surface area contributed by atoms with Gasteiger partial charge in [0.2, 0.25) is 0 Å². The fraction of sp³-hybridized carbons (Fsp3) is 0.429. The zero-order chi connectivity index (χ0) is 29.2. The first kappa shape index (κ1) is 29.8. The number of carbonyl (C=O) groups excluding carboxylic acids is 2. The number of hydrogen-bond acceptors (Lipinski definition) is 6. The molecule has 1 heterocycles. The Morgan fingerprint density at radius 3 is 2.18 bits per heavy atom. The highest BCUT2D eigenvalue weighted by Gasteiger charge is 2.75. The second kappa shape index (κ2) is 8.91. The Balaban J connectivity index is 1.95. The molecule has 214 valence electrons. The molecule has 2 aliphatic rings. The number of amides is 1. The summed E-state index contributed by atoms with van der Waals surface area (Å²) in [7, 11) is -10.2. The Bertz CT molecular complexity index is 1420. The number of nitrogens with zero attached hydrogens (tertiary/aromatic N) is 3. The van der Waals surface area contributed by atoms with Crippen LogP contribution in [0.2, 0.25) is 10.0 Å². The first-order chi connectivity index (χ1) is 17.8. The Morgan fingerprint density at radius 1 is 1.18 bits per heavy atom. The summed E-state index contributed by atoms with van der Waals surface area (Å²) in [5, 5.41) is 14.1. The number of aromatic nitrogens is 2. The summed E-state index contributed by atoms with van der Waals surface area (Å²) >= 11 is 24.6. The van der Waals surface area contributed by atoms with Crippen LogP contribution in [-0.4, -0.2) is 39.4 Å². The topological polar surface area (TPSA) is 106 Å². The summed E-state index contributed by atoms with van der Waals surface area (Å²) in [6, 6.07) is 1.56. The van der Waals surface area contributed by atoms with Crippen molar-refractivity contribution in [3.63, 3.8) is 0 Å². The molecule has 2 fully saturated rings. The average Bonchev–Trinajstić information content (AvgIpc) is 3.68. The van der Waals surface area contributed by atoms with Crippen molar-refractivity contribution in [2.45, 2.75) is 40.8 Å². The lowest BCUT2D eigenvalue weighted by Gasteiger charge is -2.40. The van der Waals surface area contributed by atoms with E-state index in [1.807, 2.05) is 0 Å². The van der Waals surface area contributed by atoms with Crippen LogP contribution in [0.4, 0.5) is 30.0 Å². The molecule has 1 amide bonds. The van der Waals surface area contributed by atoms with Crippen LogP contribution in [0, 0.1) is 17.2 Å². The molecule has 4 rings (SSSR count). The van der Waals surface area contributed by atoms with Crippen LogP contribution < -0.4 is 5.32 Å². The van der Waals surface area contributed by atoms with E-state index in [4.69, 9.17) is 55.9 Å². The summed E-state index contributed by atoms with van der Waals surface area (Å²) in [5.41, 5.74) is -3.51. The minimum atomic E-state index is -10.2. The van der Waals surface area contributed by atoms with Gasteiger partial charge in [-0.1, -0.05) is 65.8 Å². The van der Waals surface area contributed by atoms with Gasteiger partial charge >= 0.3 is 22.3 Å². The summed E-state index contributed by atoms with van der Waals surface area (Å²) in [5.74, 6) is -1.38. The van der Waals surface area contributed by atoms with Gasteiger partial charge in [0.1, 0.15) is 32.2 Å². The van der Waals surface area contributed by atoms with Gasteiger partial charge in [-0.2, -0.15) is 10.4 Å². The highest BCUT2D eigenvalue weighted by atomic mass is 35.5. The Labute approximate surface area is 237 Å². The minimum absolute atomic E-state index is 0.0263. The van der Waals surface area contributed by atoms with E-state index in [0.717, 1.165) is 12.8 Å². The molecule has 18 heteroatoms. The molecule has 2 aliphatic carbocycles. The maximum atomic E-state index is 13.4. The van der Waals surface area contributed by atoms with Crippen LogP contribution in [0.25, 0.3) is 5.69 Å². The van der Waals surface area contributed by atoms with Crippen LogP contribution in [-0.2, 0) is 19.7 Å². The molecule has 1 aromatic carbocycles. The predicted molar refractivity (Wildman–Crippen MR) is 135 cm³/mol. The van der Waals surface area contributed by atoms with Gasteiger partial charge in [-0.05, 0) is 37.8 Å². The average molecular weight is 658 g/mol. The van der Waals surface area contributed by atoms with E-state index in [1.165, 1.54) is 6.92 Å². The highest BCUT2D eigenvalue weighted by Crippen LogP contribution is 3.02. The van der Waals surface area contributed by atoms with Crippen LogP contribution in [0.15, 0.2) is 17.0 Å². The molecule has 0 spiro atoms. The molecule has 1 atom stereocenters. The smallest absolute Gasteiger partial charge is 0.412 e. The van der Waals surface area contributed by atoms with E-state index >= 15 is 0 Å². The number of alkyl halides is 2. The fourth-order valence-electron chi connectivity index (χ4n) is 3.89. The lowest BCUT2D eigenvalue weighted by atomic mass is 9.95. The third kappa shape index (κ3) is 5.56. The van der Waals surface area contributed by atoms with E-state index in [1.54, 1.807) is 6.07 Å². The van der Waals surface area contributed by atoms with Crippen molar-refractivity contribution in [1.29, 1.82) is 5.26 Å². The molecule has 8 nitrogen and oxygen atoms in total. The number of carbonyl (C=O) groups is 2. The van der Waals surface area contributed by atoms with Gasteiger partial charge in [-0.15, -0.1) is 0 Å². The van der Waals surface area contributed by atoms with Crippen LogP contribution in [0.3, 0.4) is 0 Å². The second-order valence-corrected chi connectivity index (χ2v) is 13.7. The van der Waals surface area contributed by atoms with Crippen molar-refractivity contribution in [1.82, 2.24) is 9.78 Å². The zero-order valence-electron chi connectivity index (χ0n) is 19.6. The maximum Gasteiger partial charge on any atom is 0.412 e. The van der Waals surface area contributed by atoms with Gasteiger partial charge in [0.15, 0.2) is 5.69 Å². The molecule has 0 aliphatic heterocycles. The van der Waals surface area contributed by atoms with E-state index in [2.05, 4.69) is 10.4 Å². The summed E-state index contributed by atoms with van der Waals surface area (Å²) < 4.78 is 76.2. The molecule has 0 saturated heterocycles. The molecule has 1 unspecified atom stereocenters. The lowest BCUT2D eigenvalue weighted by Crippen LogP contribution is -2.31. The predicted octanol–water partition coefficient (Wildman–Crippen LogP) is 8.05. The third-order valence-corrected chi connectivity index (χ3v) is 8.66. The number of nitrogens with one attached hydrogen (secondary N) is 1. The molecule has 1 N–H and O–H groups in total. The lowest BCUT2D eigenvalue weighted by molar-refractivity contribution is -0.146. The van der Waals surface area contributed by atoms with Crippen molar-refractivity contribution in [3.8, 4) is 11.8 Å². The van der Waals surface area contributed by atoms with Crippen molar-refractivity contribution in [2.24, 2.45) is 5.92 Å². The van der Waals surface area contributed by atoms with Crippen LogP contribution in [0.5, 0.6) is 0 Å². The van der Waals surface area contributed by atoms with E-state index in [0.29, 0.717) is 4.68 Å². The quantitative estimate of drug-likeness (QED) is 0.175. The third-order valence-electron chi connectivity index (χ3n) is 6.04. The van der Waals surface area contributed by atoms with E-state index in [-0.39, 0.29) is 43.2 Å². The van der Waals surface area contributed by atoms with Crippen LogP contribution >= 0.6 is 56.6 Å². The normalized spacial score (nSPS) is 21.8. The summed E-state index contributed by atoms with van der Waals surface area (Å²) in [4.78, 5) is 23.3. The molecular weight excluding hydrogens is 641 g/mol. The molecule has 1 aromatic heterocycles. The second-order valence-electron chi connectivity index (χ2n) is 8.97. The van der Waals surface area contributed by atoms with E-state index < -0.39 is 64.2 Å². The molecule has 39 heavy (non-hydrogen) atoms. The fourth-order valence-corrected chi connectivity index (χ4v) is 6.10. The van der Waals surface area contributed by atoms with Crippen molar-refractivity contribution in [3.05, 3.63) is 33.4 Å². The SMILES string of the molecule is CCOC(=O)C1(c2c(C#N)nn(-c3c(Cl)cc(S(F)(F)(F)(F)F)cc3Cl)c2NC(=O)OCC2CC2)CC1(Cl)Cl. The van der Waals surface area contributed by atoms with Crippen molar-refractivity contribution < 1.29 is 38.5 Å². The van der Waals surface area contributed by atoms with Gasteiger partial charge in [0, 0.05) is 6.42 Å². The Kier molecular flexibility index (Phi) is 6.81. The number of anilines is 1. The molecule has 2 saturated carbocycles. The first-order valence-electron chi connectivity index (χ1n) is 11.0. The van der Waals surface area contributed by atoms with Gasteiger partial charge in [0.25, 0.3) is 0 Å². The van der Waals surface area contributed by atoms with Crippen molar-refractivity contribution in [2.75, 3.05) is 18.5 Å². The number of esters is 1. The number of ether oxygens (including phenoxy) is 2. The Morgan fingerprint density at radius 2 is 1.74 bits per heavy atom. The summed E-state index contributed by atoms with van der Waals surface area (Å²) in [6.07, 6.45) is 0.245.